The number of carbonyl (C=O) groups excluding carboxylic acids is 1. The number of hydrogen-bond donors (Lipinski definition) is 3. The van der Waals surface area contributed by atoms with E-state index in [2.05, 4.69) is 15.2 Å². The fraction of sp³-hybridized carbons (Fsp3) is 0.478. The summed E-state index contributed by atoms with van der Waals surface area (Å²) >= 11 is 0. The second kappa shape index (κ2) is 13.9. The third-order valence-electron chi connectivity index (χ3n) is 5.70. The predicted octanol–water partition coefficient (Wildman–Crippen LogP) is 3.66. The van der Waals surface area contributed by atoms with Crippen LogP contribution >= 0.6 is 0 Å². The number of aliphatic carboxylic acids is 2. The average Bonchev–Trinajstić information content (AvgIpc) is 3.49. The Labute approximate surface area is 217 Å². The van der Waals surface area contributed by atoms with Crippen molar-refractivity contribution in [2.75, 3.05) is 31.6 Å². The third-order valence-corrected chi connectivity index (χ3v) is 5.70. The van der Waals surface area contributed by atoms with Gasteiger partial charge < -0.3 is 24.7 Å². The molecular formula is C23H25F6N3O7. The van der Waals surface area contributed by atoms with Crippen LogP contribution in [-0.4, -0.2) is 76.6 Å². The summed E-state index contributed by atoms with van der Waals surface area (Å²) in [5, 5.41) is 17.2. The number of carboxylic acids is 2. The summed E-state index contributed by atoms with van der Waals surface area (Å²) in [5.74, 6) is -4.18. The Bertz CT molecular complexity index is 1040. The summed E-state index contributed by atoms with van der Waals surface area (Å²) < 4.78 is 74.4. The van der Waals surface area contributed by atoms with Gasteiger partial charge in [0.2, 0.25) is 5.91 Å². The molecule has 0 saturated carbocycles. The van der Waals surface area contributed by atoms with Crippen molar-refractivity contribution in [3.63, 3.8) is 0 Å². The number of likely N-dealkylation sites (tertiary alicyclic amines) is 1. The number of hydrogen-bond acceptors (Lipinski definition) is 7. The maximum atomic E-state index is 12.4. The molecule has 2 aromatic rings. The molecule has 2 aromatic heterocycles. The Morgan fingerprint density at radius 1 is 1.03 bits per heavy atom. The summed E-state index contributed by atoms with van der Waals surface area (Å²) in [6.45, 7) is 4.41. The van der Waals surface area contributed by atoms with E-state index in [0.717, 1.165) is 31.9 Å². The van der Waals surface area contributed by atoms with Gasteiger partial charge in [0.25, 0.3) is 0 Å². The molecule has 0 bridgehead atoms. The molecule has 39 heavy (non-hydrogen) atoms. The van der Waals surface area contributed by atoms with Crippen LogP contribution in [0.1, 0.15) is 12.0 Å². The quantitative estimate of drug-likeness (QED) is 0.460. The summed E-state index contributed by atoms with van der Waals surface area (Å²) in [5.41, 5.74) is 1.94. The number of ether oxygens (including phenoxy) is 1. The highest BCUT2D eigenvalue weighted by Crippen LogP contribution is 2.36. The van der Waals surface area contributed by atoms with E-state index >= 15 is 0 Å². The van der Waals surface area contributed by atoms with Gasteiger partial charge in [0.1, 0.15) is 0 Å². The number of carboxylic acid groups (broad SMARTS) is 2. The zero-order chi connectivity index (χ0) is 29.2. The minimum atomic E-state index is -5.08. The van der Waals surface area contributed by atoms with Gasteiger partial charge in [-0.15, -0.1) is 0 Å². The van der Waals surface area contributed by atoms with E-state index in [-0.39, 0.29) is 11.8 Å². The standard InChI is InChI=1S/C19H23N3O3.2C2HF3O2/c23-19(21-17-2-1-4-20-7-17)6-15-12-25-13-16-9-22(10-18(15)16)8-14-3-5-24-11-14;2*3-2(4,5)1(6)7/h1-5,7,11,15-16,18H,6,8-10,12-13H2,(H,21,23);2*(H,6,7)/t15-,16-,18+;;/m1../s1. The van der Waals surface area contributed by atoms with Gasteiger partial charge in [-0.2, -0.15) is 26.3 Å². The molecule has 3 N–H and O–H groups in total. The minimum Gasteiger partial charge on any atom is -0.475 e. The SMILES string of the molecule is O=C(C[C@@H]1COC[C@H]2CN(Cc3ccoc3)C[C@@H]12)Nc1cccnc1.O=C(O)C(F)(F)F.O=C(O)C(F)(F)F. The first-order chi connectivity index (χ1) is 18.2. The normalized spacial score (nSPS) is 20.9. The van der Waals surface area contributed by atoms with Crippen molar-refractivity contribution in [3.05, 3.63) is 48.7 Å². The number of fused-ring (bicyclic) bond motifs is 1. The molecule has 2 saturated heterocycles. The largest absolute Gasteiger partial charge is 0.490 e. The van der Waals surface area contributed by atoms with Gasteiger partial charge in [0.15, 0.2) is 0 Å². The Kier molecular flexibility index (Phi) is 11.3. The van der Waals surface area contributed by atoms with E-state index in [1.807, 2.05) is 18.2 Å². The van der Waals surface area contributed by atoms with Crippen molar-refractivity contribution in [2.24, 2.45) is 17.8 Å². The number of carbonyl (C=O) groups is 3. The fourth-order valence-electron chi connectivity index (χ4n) is 4.06. The van der Waals surface area contributed by atoms with Gasteiger partial charge in [-0.05, 0) is 36.0 Å². The lowest BCUT2D eigenvalue weighted by atomic mass is 9.81. The molecule has 2 fully saturated rings. The maximum absolute atomic E-state index is 12.4. The first kappa shape index (κ1) is 31.6. The molecule has 3 atom stereocenters. The van der Waals surface area contributed by atoms with Crippen molar-refractivity contribution in [1.29, 1.82) is 0 Å². The number of rotatable bonds is 5. The van der Waals surface area contributed by atoms with Crippen LogP contribution in [0, 0.1) is 17.8 Å². The molecule has 0 aliphatic carbocycles. The maximum Gasteiger partial charge on any atom is 0.490 e. The number of anilines is 1. The van der Waals surface area contributed by atoms with Gasteiger partial charge >= 0.3 is 24.3 Å². The van der Waals surface area contributed by atoms with Crippen molar-refractivity contribution >= 4 is 23.5 Å². The van der Waals surface area contributed by atoms with Crippen LogP contribution < -0.4 is 5.32 Å². The van der Waals surface area contributed by atoms with Crippen LogP contribution in [0.15, 0.2) is 47.5 Å². The minimum absolute atomic E-state index is 0.0375. The average molecular weight is 569 g/mol. The van der Waals surface area contributed by atoms with E-state index in [0.29, 0.717) is 24.9 Å². The van der Waals surface area contributed by atoms with Crippen molar-refractivity contribution in [1.82, 2.24) is 9.88 Å². The zero-order valence-corrected chi connectivity index (χ0v) is 20.1. The van der Waals surface area contributed by atoms with Gasteiger partial charge in [0.05, 0.1) is 37.6 Å². The molecule has 0 aromatic carbocycles. The van der Waals surface area contributed by atoms with Crippen LogP contribution in [0.5, 0.6) is 0 Å². The smallest absolute Gasteiger partial charge is 0.475 e. The second-order valence-electron chi connectivity index (χ2n) is 8.65. The molecule has 2 aliphatic rings. The number of halogens is 6. The first-order valence-electron chi connectivity index (χ1n) is 11.3. The van der Waals surface area contributed by atoms with E-state index in [1.165, 1.54) is 5.56 Å². The molecule has 216 valence electrons. The Hall–Kier alpha value is -3.66. The molecule has 4 heterocycles. The monoisotopic (exact) mass is 569 g/mol. The van der Waals surface area contributed by atoms with Crippen LogP contribution in [-0.2, 0) is 25.7 Å². The molecule has 0 spiro atoms. The number of nitrogens with zero attached hydrogens (tertiary/aromatic N) is 2. The number of nitrogens with one attached hydrogen (secondary N) is 1. The van der Waals surface area contributed by atoms with Crippen molar-refractivity contribution in [3.8, 4) is 0 Å². The van der Waals surface area contributed by atoms with Gasteiger partial charge in [-0.1, -0.05) is 0 Å². The summed E-state index contributed by atoms with van der Waals surface area (Å²) in [7, 11) is 0. The van der Waals surface area contributed by atoms with E-state index in [9.17, 15) is 31.1 Å². The van der Waals surface area contributed by atoms with Gasteiger partial charge in [-0.3, -0.25) is 14.7 Å². The highest BCUT2D eigenvalue weighted by atomic mass is 19.4. The molecule has 0 unspecified atom stereocenters. The fourth-order valence-corrected chi connectivity index (χ4v) is 4.06. The van der Waals surface area contributed by atoms with Crippen LogP contribution in [0.25, 0.3) is 0 Å². The van der Waals surface area contributed by atoms with E-state index in [4.69, 9.17) is 29.0 Å². The second-order valence-corrected chi connectivity index (χ2v) is 8.65. The highest BCUT2D eigenvalue weighted by Gasteiger charge is 2.41. The lowest BCUT2D eigenvalue weighted by molar-refractivity contribution is -0.193. The Morgan fingerprint density at radius 3 is 2.18 bits per heavy atom. The van der Waals surface area contributed by atoms with Crippen LogP contribution in [0.3, 0.4) is 0 Å². The molecule has 1 amide bonds. The van der Waals surface area contributed by atoms with E-state index in [1.54, 1.807) is 24.9 Å². The first-order valence-corrected chi connectivity index (χ1v) is 11.3. The Morgan fingerprint density at radius 2 is 1.67 bits per heavy atom. The van der Waals surface area contributed by atoms with Gasteiger partial charge in [0, 0.05) is 37.8 Å². The number of amides is 1. The predicted molar refractivity (Wildman–Crippen MR) is 120 cm³/mol. The lowest BCUT2D eigenvalue weighted by Crippen LogP contribution is -2.37. The summed E-state index contributed by atoms with van der Waals surface area (Å²) in [4.78, 5) is 36.7. The number of furan rings is 1. The lowest BCUT2D eigenvalue weighted by Gasteiger charge is -2.32. The van der Waals surface area contributed by atoms with Gasteiger partial charge in [-0.25, -0.2) is 9.59 Å². The van der Waals surface area contributed by atoms with Crippen LogP contribution in [0.2, 0.25) is 0 Å². The number of aromatic nitrogens is 1. The summed E-state index contributed by atoms with van der Waals surface area (Å²) in [6.07, 6.45) is -2.79. The van der Waals surface area contributed by atoms with Crippen molar-refractivity contribution in [2.45, 2.75) is 25.3 Å². The Balaban J connectivity index is 0.000000317. The highest BCUT2D eigenvalue weighted by molar-refractivity contribution is 5.90. The molecule has 2 aliphatic heterocycles. The zero-order valence-electron chi connectivity index (χ0n) is 20.1. The summed E-state index contributed by atoms with van der Waals surface area (Å²) in [6, 6.07) is 5.69. The van der Waals surface area contributed by atoms with E-state index < -0.39 is 24.3 Å². The van der Waals surface area contributed by atoms with Crippen LogP contribution in [0.4, 0.5) is 32.0 Å². The number of pyridine rings is 1. The molecule has 10 nitrogen and oxygen atoms in total. The van der Waals surface area contributed by atoms with Crippen molar-refractivity contribution < 1.29 is 60.1 Å². The molecule has 0 radical (unpaired) electrons. The third kappa shape index (κ3) is 10.9. The topological polar surface area (TPSA) is 142 Å². The molecule has 16 heteroatoms. The molecule has 4 rings (SSSR count). The number of alkyl halides is 6. The molecular weight excluding hydrogens is 544 g/mol.